The molecular weight excluding hydrogens is 783 g/mol. The fourth-order valence-electron chi connectivity index (χ4n) is 6.35. The maximum absolute atomic E-state index is 12.9. The molecule has 1 unspecified atom stereocenters. The Bertz CT molecular complexity index is 2520. The second kappa shape index (κ2) is 18.3. The van der Waals surface area contributed by atoms with Gasteiger partial charge >= 0.3 is 5.97 Å². The summed E-state index contributed by atoms with van der Waals surface area (Å²) in [7, 11) is 3.95. The van der Waals surface area contributed by atoms with Crippen molar-refractivity contribution in [1.29, 1.82) is 0 Å². The first kappa shape index (κ1) is 43.2. The predicted molar refractivity (Wildman–Crippen MR) is 232 cm³/mol. The molecule has 0 spiro atoms. The number of aliphatic hydroxyl groups is 4. The van der Waals surface area contributed by atoms with Crippen LogP contribution in [0, 0.1) is 5.92 Å². The van der Waals surface area contributed by atoms with Crippen LogP contribution < -0.4 is 19.9 Å². The number of carboxylic acid groups (broad SMARTS) is 1. The number of aliphatic hydroxyl groups excluding tert-OH is 2. The lowest BCUT2D eigenvalue weighted by Gasteiger charge is -2.13. The van der Waals surface area contributed by atoms with E-state index in [1.807, 2.05) is 49.3 Å². The molecule has 0 fully saturated rings. The minimum absolute atomic E-state index is 0.110. The van der Waals surface area contributed by atoms with Gasteiger partial charge < -0.3 is 30.4 Å². The number of carboxylic acids is 1. The summed E-state index contributed by atoms with van der Waals surface area (Å²) in [6, 6.07) is 26.3. The Morgan fingerprint density at radius 2 is 1.10 bits per heavy atom. The highest BCUT2D eigenvalue weighted by atomic mass is 16.5. The van der Waals surface area contributed by atoms with E-state index in [-0.39, 0.29) is 23.3 Å². The van der Waals surface area contributed by atoms with Crippen molar-refractivity contribution in [1.82, 2.24) is 0 Å². The van der Waals surface area contributed by atoms with E-state index >= 15 is 0 Å². The van der Waals surface area contributed by atoms with Crippen LogP contribution in [0.1, 0.15) is 60.4 Å². The van der Waals surface area contributed by atoms with E-state index in [0.29, 0.717) is 56.5 Å². The molecule has 7 rings (SSSR count). The summed E-state index contributed by atoms with van der Waals surface area (Å²) >= 11 is 0. The van der Waals surface area contributed by atoms with Gasteiger partial charge in [0.25, 0.3) is 17.7 Å². The standard InChI is InChI=1S/C25H22N4O6.C20H21N3O3/c1-14-20(22(30)28(26-14)18-10-6-16(7-11-18)24(32)33)4-3-5-21-15(2)27-29(23(21)31)19-12-8-17(9-13-19)25(34)35;1-13-18(12-14-4-8-16(9-5-14)22(2)3)19(24)23(21-13)17-10-6-15(7-11-17)20(25)26/h3-13,20,25,34-35H,1-2H3,(H,32,33);4-12,20,25-26H,1-3H3/b4-3+,21-5+;18-12+. The highest BCUT2D eigenvalue weighted by molar-refractivity contribution is 6.32. The zero-order chi connectivity index (χ0) is 44.1. The summed E-state index contributed by atoms with van der Waals surface area (Å²) in [5.74, 6) is -2.55. The third kappa shape index (κ3) is 9.59. The van der Waals surface area contributed by atoms with Crippen LogP contribution in [0.2, 0.25) is 0 Å². The Labute approximate surface area is 350 Å². The number of hydrogen-bond donors (Lipinski definition) is 5. The first-order valence-corrected chi connectivity index (χ1v) is 18.9. The Kier molecular flexibility index (Phi) is 12.9. The summed E-state index contributed by atoms with van der Waals surface area (Å²) in [5, 5.41) is 62.5. The van der Waals surface area contributed by atoms with Crippen LogP contribution in [0.4, 0.5) is 22.7 Å². The molecule has 5 N–H and O–H groups in total. The van der Waals surface area contributed by atoms with Gasteiger partial charge in [-0.3, -0.25) is 14.4 Å². The van der Waals surface area contributed by atoms with Crippen LogP contribution in [-0.4, -0.2) is 80.5 Å². The molecule has 0 aliphatic carbocycles. The molecule has 3 aliphatic heterocycles. The van der Waals surface area contributed by atoms with Gasteiger partial charge in [-0.05, 0) is 99.2 Å². The Morgan fingerprint density at radius 1 is 0.639 bits per heavy atom. The second-order valence-electron chi connectivity index (χ2n) is 14.3. The van der Waals surface area contributed by atoms with Crippen molar-refractivity contribution in [2.24, 2.45) is 21.2 Å². The van der Waals surface area contributed by atoms with Crippen molar-refractivity contribution < 1.29 is 44.7 Å². The highest BCUT2D eigenvalue weighted by Crippen LogP contribution is 2.29. The summed E-state index contributed by atoms with van der Waals surface area (Å²) in [6.45, 7) is 5.21. The lowest BCUT2D eigenvalue weighted by molar-refractivity contribution is -0.119. The molecule has 61 heavy (non-hydrogen) atoms. The van der Waals surface area contributed by atoms with E-state index in [9.17, 15) is 29.4 Å². The maximum atomic E-state index is 12.9. The summed E-state index contributed by atoms with van der Waals surface area (Å²) in [4.78, 5) is 51.6. The number of allylic oxidation sites excluding steroid dienone is 2. The highest BCUT2D eigenvalue weighted by Gasteiger charge is 2.33. The average molecular weight is 826 g/mol. The molecule has 4 aromatic rings. The number of hydrazone groups is 3. The molecular formula is C45H43N7O9. The van der Waals surface area contributed by atoms with E-state index < -0.39 is 24.5 Å². The predicted octanol–water partition coefficient (Wildman–Crippen LogP) is 5.15. The molecule has 4 aromatic carbocycles. The lowest BCUT2D eigenvalue weighted by atomic mass is 10.0. The zero-order valence-electron chi connectivity index (χ0n) is 33.8. The molecule has 0 radical (unpaired) electrons. The molecule has 0 saturated carbocycles. The van der Waals surface area contributed by atoms with Gasteiger partial charge in [0.2, 0.25) is 0 Å². The van der Waals surface area contributed by atoms with Crippen molar-refractivity contribution >= 4 is 69.7 Å². The number of aromatic carboxylic acids is 1. The van der Waals surface area contributed by atoms with Gasteiger partial charge in [0.1, 0.15) is 0 Å². The number of hydrogen-bond acceptors (Lipinski definition) is 12. The molecule has 0 bridgehead atoms. The third-order valence-electron chi connectivity index (χ3n) is 9.83. The smallest absolute Gasteiger partial charge is 0.335 e. The van der Waals surface area contributed by atoms with Gasteiger partial charge in [0, 0.05) is 30.9 Å². The van der Waals surface area contributed by atoms with Gasteiger partial charge in [-0.15, -0.1) is 0 Å². The number of amides is 3. The maximum Gasteiger partial charge on any atom is 0.335 e. The van der Waals surface area contributed by atoms with Crippen LogP contribution >= 0.6 is 0 Å². The van der Waals surface area contributed by atoms with Crippen molar-refractivity contribution in [2.45, 2.75) is 33.4 Å². The Morgan fingerprint density at radius 3 is 1.57 bits per heavy atom. The van der Waals surface area contributed by atoms with Gasteiger partial charge in [-0.1, -0.05) is 48.6 Å². The minimum Gasteiger partial charge on any atom is -0.478 e. The molecule has 1 atom stereocenters. The lowest BCUT2D eigenvalue weighted by Crippen LogP contribution is -2.25. The van der Waals surface area contributed by atoms with E-state index in [2.05, 4.69) is 15.3 Å². The molecule has 312 valence electrons. The van der Waals surface area contributed by atoms with Crippen molar-refractivity contribution in [3.8, 4) is 0 Å². The fraction of sp³-hybridized carbons (Fsp3) is 0.178. The van der Waals surface area contributed by atoms with Crippen LogP contribution in [0.25, 0.3) is 6.08 Å². The topological polar surface area (TPSA) is 219 Å². The monoisotopic (exact) mass is 825 g/mol. The Hall–Kier alpha value is -7.37. The van der Waals surface area contributed by atoms with Crippen LogP contribution in [0.15, 0.2) is 142 Å². The average Bonchev–Trinajstić information content (AvgIpc) is 3.81. The Balaban J connectivity index is 0.000000213. The van der Waals surface area contributed by atoms with Gasteiger partial charge in [-0.25, -0.2) is 4.79 Å². The van der Waals surface area contributed by atoms with Crippen molar-refractivity contribution in [2.75, 3.05) is 34.0 Å². The zero-order valence-corrected chi connectivity index (χ0v) is 33.8. The van der Waals surface area contributed by atoms with E-state index in [4.69, 9.17) is 15.3 Å². The van der Waals surface area contributed by atoms with E-state index in [1.54, 1.807) is 75.4 Å². The quantitative estimate of drug-likeness (QED) is 0.105. The van der Waals surface area contributed by atoms with Crippen molar-refractivity contribution in [3.05, 3.63) is 149 Å². The number of carbonyl (C=O) groups excluding carboxylic acids is 3. The minimum atomic E-state index is -1.60. The van der Waals surface area contributed by atoms with E-state index in [1.165, 1.54) is 51.4 Å². The van der Waals surface area contributed by atoms with Crippen LogP contribution in [0.5, 0.6) is 0 Å². The first-order chi connectivity index (χ1) is 29.0. The van der Waals surface area contributed by atoms with Gasteiger partial charge in [-0.2, -0.15) is 30.3 Å². The molecule has 3 amide bonds. The van der Waals surface area contributed by atoms with E-state index in [0.717, 1.165) is 11.3 Å². The van der Waals surface area contributed by atoms with Gasteiger partial charge in [0.05, 0.1) is 56.8 Å². The number of nitrogens with zero attached hydrogens (tertiary/aromatic N) is 7. The molecule has 3 aliphatic rings. The summed E-state index contributed by atoms with van der Waals surface area (Å²) in [6.07, 6.45) is 3.52. The van der Waals surface area contributed by atoms with Crippen molar-refractivity contribution in [3.63, 3.8) is 0 Å². The summed E-state index contributed by atoms with van der Waals surface area (Å²) < 4.78 is 0. The second-order valence-corrected chi connectivity index (χ2v) is 14.3. The number of anilines is 4. The van der Waals surface area contributed by atoms with Gasteiger partial charge in [0.15, 0.2) is 12.6 Å². The SMILES string of the molecule is CC1=NN(c2ccc(C(O)O)cc2)C(=O)/C1=C/C=C/C1C(=O)N(c2ccc(C(=O)O)cc2)N=C1C.CC1=NN(c2ccc(C(O)O)cc2)C(=O)/C1=C/c1ccc(N(C)C)cc1. The fourth-order valence-corrected chi connectivity index (χ4v) is 6.35. The molecule has 0 aromatic heterocycles. The molecule has 0 saturated heterocycles. The number of rotatable bonds is 10. The largest absolute Gasteiger partial charge is 0.478 e. The summed E-state index contributed by atoms with van der Waals surface area (Å²) in [5.41, 5.74) is 6.86. The van der Waals surface area contributed by atoms with Crippen LogP contribution in [-0.2, 0) is 14.4 Å². The number of benzene rings is 4. The number of carbonyl (C=O) groups is 4. The molecule has 3 heterocycles. The molecule has 16 nitrogen and oxygen atoms in total. The third-order valence-corrected chi connectivity index (χ3v) is 9.83. The first-order valence-electron chi connectivity index (χ1n) is 18.9. The van der Waals surface area contributed by atoms with Crippen LogP contribution in [0.3, 0.4) is 0 Å². The normalized spacial score (nSPS) is 17.8. The molecule has 16 heteroatoms.